The van der Waals surface area contributed by atoms with E-state index in [0.29, 0.717) is 12.5 Å². The topological polar surface area (TPSA) is 46.3 Å². The molecule has 2 N–H and O–H groups in total. The van der Waals surface area contributed by atoms with E-state index in [1.165, 1.54) is 5.56 Å². The van der Waals surface area contributed by atoms with E-state index >= 15 is 0 Å². The van der Waals surface area contributed by atoms with Gasteiger partial charge in [0, 0.05) is 31.0 Å². The van der Waals surface area contributed by atoms with Gasteiger partial charge in [-0.1, -0.05) is 58.0 Å². The largest absolute Gasteiger partial charge is 0.340 e. The summed E-state index contributed by atoms with van der Waals surface area (Å²) in [5.74, 6) is 0.686. The van der Waals surface area contributed by atoms with Crippen LogP contribution in [0.15, 0.2) is 30.3 Å². The van der Waals surface area contributed by atoms with Crippen LogP contribution in [0.2, 0.25) is 0 Å². The van der Waals surface area contributed by atoms with E-state index in [0.717, 1.165) is 6.54 Å². The Kier molecular flexibility index (Phi) is 3.17. The fourth-order valence-electron chi connectivity index (χ4n) is 4.06. The highest BCUT2D eigenvalue weighted by Gasteiger charge is 2.69. The van der Waals surface area contributed by atoms with Crippen molar-refractivity contribution in [2.45, 2.75) is 39.7 Å². The highest BCUT2D eigenvalue weighted by atomic mass is 16.2. The van der Waals surface area contributed by atoms with Crippen LogP contribution in [0, 0.1) is 16.7 Å². The van der Waals surface area contributed by atoms with Crippen LogP contribution in [0.1, 0.15) is 39.2 Å². The van der Waals surface area contributed by atoms with Crippen LogP contribution < -0.4 is 5.73 Å². The summed E-state index contributed by atoms with van der Waals surface area (Å²) >= 11 is 0. The predicted molar refractivity (Wildman–Crippen MR) is 84.8 cm³/mol. The van der Waals surface area contributed by atoms with Gasteiger partial charge in [0.25, 0.3) is 0 Å². The fourth-order valence-corrected chi connectivity index (χ4v) is 4.06. The van der Waals surface area contributed by atoms with Crippen LogP contribution in [0.25, 0.3) is 0 Å². The summed E-state index contributed by atoms with van der Waals surface area (Å²) in [4.78, 5) is 14.8. The van der Waals surface area contributed by atoms with Crippen LogP contribution in [-0.2, 0) is 4.79 Å². The van der Waals surface area contributed by atoms with Crippen molar-refractivity contribution >= 4 is 5.91 Å². The molecule has 1 aromatic carbocycles. The van der Waals surface area contributed by atoms with Crippen molar-refractivity contribution in [3.8, 4) is 0 Å². The smallest absolute Gasteiger partial charge is 0.226 e. The number of carbonyl (C=O) groups excluding carboxylic acids is 1. The number of nitrogens with zero attached hydrogens (tertiary/aromatic N) is 1. The molecule has 1 saturated carbocycles. The van der Waals surface area contributed by atoms with Crippen molar-refractivity contribution < 1.29 is 4.79 Å². The average molecular weight is 286 g/mol. The first kappa shape index (κ1) is 14.6. The van der Waals surface area contributed by atoms with E-state index < -0.39 is 0 Å². The Morgan fingerprint density at radius 1 is 1.10 bits per heavy atom. The molecular weight excluding hydrogens is 260 g/mol. The molecule has 0 unspecified atom stereocenters. The predicted octanol–water partition coefficient (Wildman–Crippen LogP) is 2.62. The van der Waals surface area contributed by atoms with Gasteiger partial charge in [-0.25, -0.2) is 0 Å². The third-order valence-corrected chi connectivity index (χ3v) is 6.17. The first-order valence-electron chi connectivity index (χ1n) is 7.86. The van der Waals surface area contributed by atoms with Gasteiger partial charge in [0.15, 0.2) is 0 Å². The van der Waals surface area contributed by atoms with Gasteiger partial charge < -0.3 is 10.6 Å². The van der Waals surface area contributed by atoms with E-state index in [1.807, 2.05) is 23.1 Å². The Bertz CT molecular complexity index is 536. The van der Waals surface area contributed by atoms with Gasteiger partial charge in [0.05, 0.1) is 0 Å². The number of carbonyl (C=O) groups is 1. The average Bonchev–Trinajstić information content (AvgIpc) is 2.74. The molecule has 1 heterocycles. The number of hydrogen-bond donors (Lipinski definition) is 1. The molecule has 21 heavy (non-hydrogen) atoms. The molecule has 1 amide bonds. The third kappa shape index (κ3) is 2.10. The third-order valence-electron chi connectivity index (χ3n) is 6.17. The Morgan fingerprint density at radius 2 is 1.67 bits per heavy atom. The molecule has 2 atom stereocenters. The van der Waals surface area contributed by atoms with E-state index in [1.54, 1.807) is 0 Å². The Balaban J connectivity index is 1.74. The van der Waals surface area contributed by atoms with Crippen LogP contribution in [-0.4, -0.2) is 29.9 Å². The molecule has 1 aromatic rings. The zero-order valence-electron chi connectivity index (χ0n) is 13.5. The van der Waals surface area contributed by atoms with E-state index in [9.17, 15) is 4.79 Å². The Hall–Kier alpha value is -1.35. The molecular formula is C18H26N2O. The molecule has 1 aliphatic heterocycles. The SMILES string of the molecule is CC1(C)C(C(=O)N2C[C@@H](N)[C@H](c3ccccc3)C2)C1(C)C. The van der Waals surface area contributed by atoms with Crippen molar-refractivity contribution in [3.63, 3.8) is 0 Å². The lowest BCUT2D eigenvalue weighted by Gasteiger charge is -2.17. The van der Waals surface area contributed by atoms with Crippen LogP contribution in [0.4, 0.5) is 0 Å². The number of benzene rings is 1. The molecule has 1 saturated heterocycles. The van der Waals surface area contributed by atoms with Crippen molar-refractivity contribution in [2.75, 3.05) is 13.1 Å². The van der Waals surface area contributed by atoms with Gasteiger partial charge in [-0.3, -0.25) is 4.79 Å². The summed E-state index contributed by atoms with van der Waals surface area (Å²) in [7, 11) is 0. The normalized spacial score (nSPS) is 30.4. The first-order valence-corrected chi connectivity index (χ1v) is 7.86. The lowest BCUT2D eigenvalue weighted by molar-refractivity contribution is -0.132. The summed E-state index contributed by atoms with van der Waals surface area (Å²) in [6, 6.07) is 10.4. The van der Waals surface area contributed by atoms with E-state index in [2.05, 4.69) is 39.8 Å². The van der Waals surface area contributed by atoms with Gasteiger partial charge in [-0.2, -0.15) is 0 Å². The summed E-state index contributed by atoms with van der Waals surface area (Å²) in [6.07, 6.45) is 0. The minimum Gasteiger partial charge on any atom is -0.340 e. The molecule has 0 spiro atoms. The summed E-state index contributed by atoms with van der Waals surface area (Å²) < 4.78 is 0. The second-order valence-corrected chi connectivity index (χ2v) is 7.80. The highest BCUT2D eigenvalue weighted by molar-refractivity contribution is 5.84. The zero-order valence-corrected chi connectivity index (χ0v) is 13.5. The molecule has 114 valence electrons. The standard InChI is InChI=1S/C18H26N2O/c1-17(2)15(18(17,3)4)16(21)20-10-13(14(19)11-20)12-8-6-5-7-9-12/h5-9,13-15H,10-11,19H2,1-4H3/t13-,14+/m0/s1. The monoisotopic (exact) mass is 286 g/mol. The molecule has 3 rings (SSSR count). The van der Waals surface area contributed by atoms with Crippen LogP contribution in [0.5, 0.6) is 0 Å². The molecule has 0 bridgehead atoms. The molecule has 0 radical (unpaired) electrons. The lowest BCUT2D eigenvalue weighted by Crippen LogP contribution is -2.34. The zero-order chi connectivity index (χ0) is 15.4. The Labute approximate surface area is 127 Å². The van der Waals surface area contributed by atoms with Gasteiger partial charge in [0.2, 0.25) is 5.91 Å². The molecule has 2 fully saturated rings. The maximum Gasteiger partial charge on any atom is 0.226 e. The van der Waals surface area contributed by atoms with E-state index in [4.69, 9.17) is 5.73 Å². The number of amides is 1. The van der Waals surface area contributed by atoms with Crippen molar-refractivity contribution in [1.82, 2.24) is 4.90 Å². The van der Waals surface area contributed by atoms with Crippen molar-refractivity contribution in [1.29, 1.82) is 0 Å². The van der Waals surface area contributed by atoms with Gasteiger partial charge in [-0.15, -0.1) is 0 Å². The lowest BCUT2D eigenvalue weighted by atomic mass is 9.95. The summed E-state index contributed by atoms with van der Waals surface area (Å²) in [5, 5.41) is 0. The number of likely N-dealkylation sites (tertiary alicyclic amines) is 1. The number of nitrogens with two attached hydrogens (primary N) is 1. The minimum absolute atomic E-state index is 0.0429. The second-order valence-electron chi connectivity index (χ2n) is 7.80. The molecule has 1 aliphatic carbocycles. The van der Waals surface area contributed by atoms with Crippen molar-refractivity contribution in [3.05, 3.63) is 35.9 Å². The molecule has 3 nitrogen and oxygen atoms in total. The molecule has 0 aromatic heterocycles. The van der Waals surface area contributed by atoms with Gasteiger partial charge in [-0.05, 0) is 16.4 Å². The van der Waals surface area contributed by atoms with Crippen molar-refractivity contribution in [2.24, 2.45) is 22.5 Å². The van der Waals surface area contributed by atoms with E-state index in [-0.39, 0.29) is 28.7 Å². The van der Waals surface area contributed by atoms with Crippen LogP contribution >= 0.6 is 0 Å². The van der Waals surface area contributed by atoms with Gasteiger partial charge in [0.1, 0.15) is 0 Å². The maximum absolute atomic E-state index is 12.8. The molecule has 2 aliphatic rings. The second kappa shape index (κ2) is 4.57. The fraction of sp³-hybridized carbons (Fsp3) is 0.611. The number of hydrogen-bond acceptors (Lipinski definition) is 2. The van der Waals surface area contributed by atoms with Gasteiger partial charge >= 0.3 is 0 Å². The quantitative estimate of drug-likeness (QED) is 0.908. The first-order chi connectivity index (χ1) is 9.76. The summed E-state index contributed by atoms with van der Waals surface area (Å²) in [5.41, 5.74) is 7.74. The molecule has 3 heteroatoms. The van der Waals surface area contributed by atoms with Crippen LogP contribution in [0.3, 0.4) is 0 Å². The Morgan fingerprint density at radius 3 is 2.19 bits per heavy atom. The highest BCUT2D eigenvalue weighted by Crippen LogP contribution is 2.68. The minimum atomic E-state index is 0.0429. The maximum atomic E-state index is 12.8. The number of rotatable bonds is 2. The summed E-state index contributed by atoms with van der Waals surface area (Å²) in [6.45, 7) is 10.2.